The van der Waals surface area contributed by atoms with Crippen molar-refractivity contribution >= 4 is 33.4 Å². The number of esters is 1. The summed E-state index contributed by atoms with van der Waals surface area (Å²) in [7, 11) is 1.26. The molecule has 0 radical (unpaired) electrons. The predicted molar refractivity (Wildman–Crippen MR) is 61.2 cm³/mol. The van der Waals surface area contributed by atoms with Crippen LogP contribution in [0.1, 0.15) is 20.7 Å². The van der Waals surface area contributed by atoms with Gasteiger partial charge in [0.05, 0.1) is 28.9 Å². The first kappa shape index (κ1) is 11.6. The number of carbonyl (C=O) groups is 2. The highest BCUT2D eigenvalue weighted by Gasteiger charge is 2.19. The molecule has 0 aliphatic carbocycles. The van der Waals surface area contributed by atoms with Crippen molar-refractivity contribution < 1.29 is 19.4 Å². The van der Waals surface area contributed by atoms with Crippen LogP contribution in [0.15, 0.2) is 22.9 Å². The third-order valence-corrected chi connectivity index (χ3v) is 3.06. The number of halogens is 1. The summed E-state index contributed by atoms with van der Waals surface area (Å²) in [4.78, 5) is 22.4. The summed E-state index contributed by atoms with van der Waals surface area (Å²) in [6.07, 6.45) is 2.72. The Bertz CT molecular complexity index is 620. The fraction of sp³-hybridized carbons (Fsp3) is 0.100. The Balaban J connectivity index is 2.77. The first-order valence-electron chi connectivity index (χ1n) is 4.53. The molecule has 6 nitrogen and oxygen atoms in total. The van der Waals surface area contributed by atoms with Gasteiger partial charge in [0.2, 0.25) is 0 Å². The maximum Gasteiger partial charge on any atom is 0.339 e. The number of nitrogens with zero attached hydrogens (tertiary/aromatic N) is 2. The van der Waals surface area contributed by atoms with Crippen LogP contribution >= 0.6 is 15.9 Å². The maximum absolute atomic E-state index is 11.5. The molecule has 0 unspecified atom stereocenters. The smallest absolute Gasteiger partial charge is 0.339 e. The molecule has 2 aromatic rings. The van der Waals surface area contributed by atoms with Crippen LogP contribution in [0, 0.1) is 0 Å². The lowest BCUT2D eigenvalue weighted by Crippen LogP contribution is -2.05. The summed E-state index contributed by atoms with van der Waals surface area (Å²) in [6, 6.07) is 1.50. The summed E-state index contributed by atoms with van der Waals surface area (Å²) in [5.41, 5.74) is 0.589. The van der Waals surface area contributed by atoms with E-state index in [1.807, 2.05) is 0 Å². The number of aromatic carboxylic acids is 1. The zero-order chi connectivity index (χ0) is 12.6. The van der Waals surface area contributed by atoms with Gasteiger partial charge in [-0.3, -0.25) is 0 Å². The topological polar surface area (TPSA) is 80.9 Å². The molecule has 0 bridgehead atoms. The first-order chi connectivity index (χ1) is 8.06. The van der Waals surface area contributed by atoms with E-state index in [0.717, 1.165) is 0 Å². The monoisotopic (exact) mass is 298 g/mol. The molecule has 0 aromatic carbocycles. The molecule has 88 valence electrons. The zero-order valence-corrected chi connectivity index (χ0v) is 10.3. The fourth-order valence-electron chi connectivity index (χ4n) is 1.46. The normalized spacial score (nSPS) is 10.5. The lowest BCUT2D eigenvalue weighted by molar-refractivity contribution is 0.0598. The molecular formula is C10H7BrN2O4. The minimum absolute atomic E-state index is 0.0163. The number of methoxy groups -OCH3 is 1. The molecule has 0 saturated carbocycles. The molecule has 1 N–H and O–H groups in total. The van der Waals surface area contributed by atoms with Crippen molar-refractivity contribution in [2.45, 2.75) is 0 Å². The fourth-order valence-corrected chi connectivity index (χ4v) is 2.15. The van der Waals surface area contributed by atoms with Gasteiger partial charge in [-0.25, -0.2) is 14.1 Å². The Morgan fingerprint density at radius 1 is 1.47 bits per heavy atom. The van der Waals surface area contributed by atoms with E-state index in [4.69, 9.17) is 5.11 Å². The minimum Gasteiger partial charge on any atom is -0.478 e. The summed E-state index contributed by atoms with van der Waals surface area (Å²) in [5, 5.41) is 12.9. The maximum atomic E-state index is 11.5. The average Bonchev–Trinajstić information content (AvgIpc) is 2.73. The number of carboxylic acid groups (broad SMARTS) is 1. The Hall–Kier alpha value is -1.89. The van der Waals surface area contributed by atoms with E-state index in [9.17, 15) is 9.59 Å². The lowest BCUT2D eigenvalue weighted by atomic mass is 10.2. The number of rotatable bonds is 2. The Morgan fingerprint density at radius 3 is 2.76 bits per heavy atom. The van der Waals surface area contributed by atoms with Crippen LogP contribution in [0.5, 0.6) is 0 Å². The standard InChI is InChI=1S/C10H7BrN2O4/c1-17-10(16)5-2-3-13-8(7(5)11)6(4-12-13)9(14)15/h2-4H,1H3,(H,14,15). The van der Waals surface area contributed by atoms with Gasteiger partial charge in [0.15, 0.2) is 0 Å². The van der Waals surface area contributed by atoms with Gasteiger partial charge in [0, 0.05) is 6.20 Å². The number of aromatic nitrogens is 2. The van der Waals surface area contributed by atoms with E-state index >= 15 is 0 Å². The van der Waals surface area contributed by atoms with Crippen molar-refractivity contribution in [3.05, 3.63) is 34.1 Å². The molecule has 17 heavy (non-hydrogen) atoms. The lowest BCUT2D eigenvalue weighted by Gasteiger charge is -2.04. The van der Waals surface area contributed by atoms with Crippen LogP contribution in [-0.2, 0) is 4.74 Å². The van der Waals surface area contributed by atoms with Crippen LogP contribution in [0.2, 0.25) is 0 Å². The molecular weight excluding hydrogens is 292 g/mol. The number of fused-ring (bicyclic) bond motifs is 1. The van der Waals surface area contributed by atoms with Crippen molar-refractivity contribution in [1.29, 1.82) is 0 Å². The van der Waals surface area contributed by atoms with Crippen molar-refractivity contribution in [3.8, 4) is 0 Å². The Kier molecular flexibility index (Phi) is 2.84. The average molecular weight is 299 g/mol. The second-order valence-electron chi connectivity index (χ2n) is 3.19. The molecule has 0 fully saturated rings. The molecule has 0 aliphatic heterocycles. The molecule has 2 rings (SSSR count). The molecule has 0 spiro atoms. The van der Waals surface area contributed by atoms with Gasteiger partial charge in [-0.05, 0) is 22.0 Å². The molecule has 7 heteroatoms. The van der Waals surface area contributed by atoms with Crippen molar-refractivity contribution in [2.75, 3.05) is 7.11 Å². The highest BCUT2D eigenvalue weighted by atomic mass is 79.9. The summed E-state index contributed by atoms with van der Waals surface area (Å²) in [6.45, 7) is 0. The molecule has 2 aromatic heterocycles. The first-order valence-corrected chi connectivity index (χ1v) is 5.33. The van der Waals surface area contributed by atoms with Crippen LogP contribution in [-0.4, -0.2) is 33.8 Å². The van der Waals surface area contributed by atoms with Crippen LogP contribution in [0.4, 0.5) is 0 Å². The van der Waals surface area contributed by atoms with Crippen LogP contribution in [0.25, 0.3) is 5.52 Å². The number of pyridine rings is 1. The van der Waals surface area contributed by atoms with E-state index < -0.39 is 11.9 Å². The van der Waals surface area contributed by atoms with Gasteiger partial charge in [0.1, 0.15) is 5.56 Å². The van der Waals surface area contributed by atoms with Crippen LogP contribution in [0.3, 0.4) is 0 Å². The second-order valence-corrected chi connectivity index (χ2v) is 3.98. The molecule has 0 aliphatic rings. The van der Waals surface area contributed by atoms with E-state index in [2.05, 4.69) is 25.8 Å². The summed E-state index contributed by atoms with van der Waals surface area (Å²) < 4.78 is 6.32. The van der Waals surface area contributed by atoms with Gasteiger partial charge >= 0.3 is 11.9 Å². The Labute approximate surface area is 104 Å². The number of hydrogen-bond donors (Lipinski definition) is 1. The predicted octanol–water partition coefficient (Wildman–Crippen LogP) is 1.58. The summed E-state index contributed by atoms with van der Waals surface area (Å²) in [5.74, 6) is -1.65. The van der Waals surface area contributed by atoms with Gasteiger partial charge in [-0.15, -0.1) is 0 Å². The second kappa shape index (κ2) is 4.17. The van der Waals surface area contributed by atoms with E-state index in [-0.39, 0.29) is 11.1 Å². The van der Waals surface area contributed by atoms with Gasteiger partial charge in [0.25, 0.3) is 0 Å². The molecule has 2 heterocycles. The van der Waals surface area contributed by atoms with E-state index in [1.165, 1.54) is 30.1 Å². The SMILES string of the molecule is COC(=O)c1ccn2ncc(C(=O)O)c2c1Br. The summed E-state index contributed by atoms with van der Waals surface area (Å²) >= 11 is 3.20. The van der Waals surface area contributed by atoms with Crippen LogP contribution < -0.4 is 0 Å². The third kappa shape index (κ3) is 1.78. The minimum atomic E-state index is -1.11. The molecule has 0 saturated heterocycles. The highest BCUT2D eigenvalue weighted by molar-refractivity contribution is 9.10. The van der Waals surface area contributed by atoms with E-state index in [1.54, 1.807) is 0 Å². The third-order valence-electron chi connectivity index (χ3n) is 2.26. The Morgan fingerprint density at radius 2 is 2.18 bits per heavy atom. The zero-order valence-electron chi connectivity index (χ0n) is 8.68. The van der Waals surface area contributed by atoms with Gasteiger partial charge in [-0.1, -0.05) is 0 Å². The van der Waals surface area contributed by atoms with Crippen molar-refractivity contribution in [1.82, 2.24) is 9.61 Å². The van der Waals surface area contributed by atoms with Gasteiger partial charge < -0.3 is 9.84 Å². The highest BCUT2D eigenvalue weighted by Crippen LogP contribution is 2.26. The number of hydrogen-bond acceptors (Lipinski definition) is 4. The van der Waals surface area contributed by atoms with Gasteiger partial charge in [-0.2, -0.15) is 5.10 Å². The van der Waals surface area contributed by atoms with Crippen molar-refractivity contribution in [2.24, 2.45) is 0 Å². The van der Waals surface area contributed by atoms with E-state index in [0.29, 0.717) is 9.99 Å². The quantitative estimate of drug-likeness (QED) is 0.852. The molecule has 0 amide bonds. The number of carbonyl (C=O) groups excluding carboxylic acids is 1. The number of ether oxygens (including phenoxy) is 1. The van der Waals surface area contributed by atoms with Crippen molar-refractivity contribution in [3.63, 3.8) is 0 Å². The largest absolute Gasteiger partial charge is 0.478 e. The number of carboxylic acids is 1. The molecule has 0 atom stereocenters.